The van der Waals surface area contributed by atoms with Gasteiger partial charge in [-0.2, -0.15) is 4.98 Å². The Balaban J connectivity index is 1.59. The summed E-state index contributed by atoms with van der Waals surface area (Å²) in [5, 5.41) is 7.07. The van der Waals surface area contributed by atoms with Gasteiger partial charge in [0.25, 0.3) is 0 Å². The lowest BCUT2D eigenvalue weighted by atomic mass is 10.1. The molecule has 1 aromatic heterocycles. The van der Waals surface area contributed by atoms with Crippen LogP contribution in [0.1, 0.15) is 38.6 Å². The number of nitrogens with one attached hydrogen (secondary N) is 1. The molecule has 2 heterocycles. The lowest BCUT2D eigenvalue weighted by molar-refractivity contribution is -0.165. The number of carbonyl (C=O) groups excluding carboxylic acids is 2. The Kier molecular flexibility index (Phi) is 6.32. The molecule has 29 heavy (non-hydrogen) atoms. The minimum absolute atomic E-state index is 0.0415. The van der Waals surface area contributed by atoms with E-state index in [9.17, 15) is 9.59 Å². The maximum atomic E-state index is 12.8. The Hall–Kier alpha value is -2.74. The van der Waals surface area contributed by atoms with Crippen molar-refractivity contribution in [2.75, 3.05) is 19.6 Å². The van der Waals surface area contributed by atoms with Crippen LogP contribution in [0, 0.1) is 6.92 Å². The summed E-state index contributed by atoms with van der Waals surface area (Å²) >= 11 is 0. The average molecular weight is 400 g/mol. The molecule has 1 aromatic carbocycles. The van der Waals surface area contributed by atoms with Crippen LogP contribution in [0.25, 0.3) is 11.4 Å². The Morgan fingerprint density at radius 2 is 2.00 bits per heavy atom. The molecule has 1 atom stereocenters. The van der Waals surface area contributed by atoms with Crippen LogP contribution in [-0.2, 0) is 20.7 Å². The lowest BCUT2D eigenvalue weighted by Crippen LogP contribution is -2.58. The van der Waals surface area contributed by atoms with Crippen LogP contribution < -0.4 is 5.32 Å². The Bertz CT molecular complexity index is 854. The van der Waals surface area contributed by atoms with E-state index in [2.05, 4.69) is 15.5 Å². The molecule has 1 saturated heterocycles. The van der Waals surface area contributed by atoms with Crippen molar-refractivity contribution in [3.8, 4) is 11.4 Å². The number of nitrogens with zero attached hydrogens (tertiary/aromatic N) is 3. The topological polar surface area (TPSA) is 97.6 Å². The van der Waals surface area contributed by atoms with Crippen molar-refractivity contribution < 1.29 is 18.8 Å². The largest absolute Gasteiger partial charge is 0.458 e. The molecule has 2 aromatic rings. The summed E-state index contributed by atoms with van der Waals surface area (Å²) in [5.41, 5.74) is 1.32. The Morgan fingerprint density at radius 1 is 1.28 bits per heavy atom. The van der Waals surface area contributed by atoms with E-state index in [1.165, 1.54) is 0 Å². The molecule has 0 radical (unpaired) electrons. The van der Waals surface area contributed by atoms with E-state index >= 15 is 0 Å². The van der Waals surface area contributed by atoms with Gasteiger partial charge in [0.05, 0.1) is 0 Å². The number of benzene rings is 1. The Morgan fingerprint density at radius 3 is 2.62 bits per heavy atom. The fourth-order valence-corrected chi connectivity index (χ4v) is 3.22. The van der Waals surface area contributed by atoms with Gasteiger partial charge in [0.1, 0.15) is 11.6 Å². The quantitative estimate of drug-likeness (QED) is 0.768. The molecule has 156 valence electrons. The van der Waals surface area contributed by atoms with Gasteiger partial charge in [-0.15, -0.1) is 0 Å². The second-order valence-electron chi connectivity index (χ2n) is 8.17. The van der Waals surface area contributed by atoms with E-state index in [-0.39, 0.29) is 11.9 Å². The number of hydrogen-bond donors (Lipinski definition) is 1. The molecule has 0 aliphatic carbocycles. The molecule has 0 spiro atoms. The van der Waals surface area contributed by atoms with Crippen LogP contribution in [0.3, 0.4) is 0 Å². The molecule has 8 heteroatoms. The molecule has 1 aliphatic rings. The first-order valence-corrected chi connectivity index (χ1v) is 9.85. The first-order chi connectivity index (χ1) is 13.7. The van der Waals surface area contributed by atoms with Crippen molar-refractivity contribution in [2.24, 2.45) is 0 Å². The minimum Gasteiger partial charge on any atom is -0.458 e. The van der Waals surface area contributed by atoms with Crippen LogP contribution in [0.2, 0.25) is 0 Å². The third-order valence-electron chi connectivity index (χ3n) is 4.61. The van der Waals surface area contributed by atoms with Gasteiger partial charge in [0, 0.05) is 38.5 Å². The molecular formula is C21H28N4O4. The monoisotopic (exact) mass is 400 g/mol. The molecule has 0 saturated carbocycles. The second kappa shape index (κ2) is 8.73. The van der Waals surface area contributed by atoms with Crippen LogP contribution in [0.5, 0.6) is 0 Å². The third-order valence-corrected chi connectivity index (χ3v) is 4.61. The van der Waals surface area contributed by atoms with Crippen LogP contribution in [0.4, 0.5) is 0 Å². The van der Waals surface area contributed by atoms with Crippen LogP contribution >= 0.6 is 0 Å². The van der Waals surface area contributed by atoms with Crippen molar-refractivity contribution in [2.45, 2.75) is 52.2 Å². The fourth-order valence-electron chi connectivity index (χ4n) is 3.22. The highest BCUT2D eigenvalue weighted by atomic mass is 16.6. The smallest absolute Gasteiger partial charge is 0.330 e. The zero-order chi connectivity index (χ0) is 21.0. The number of hydrogen-bond acceptors (Lipinski definition) is 7. The molecule has 0 bridgehead atoms. The highest BCUT2D eigenvalue weighted by Gasteiger charge is 2.34. The molecule has 3 rings (SSSR count). The van der Waals surface area contributed by atoms with Gasteiger partial charge < -0.3 is 19.5 Å². The number of rotatable bonds is 5. The summed E-state index contributed by atoms with van der Waals surface area (Å²) in [5.74, 6) is 0.661. The summed E-state index contributed by atoms with van der Waals surface area (Å²) in [6.45, 7) is 8.81. The first-order valence-electron chi connectivity index (χ1n) is 9.85. The number of ether oxygens (including phenoxy) is 1. The van der Waals surface area contributed by atoms with Crippen LogP contribution in [0.15, 0.2) is 28.8 Å². The van der Waals surface area contributed by atoms with E-state index in [1.807, 2.05) is 45.0 Å². The average Bonchev–Trinajstić information content (AvgIpc) is 3.11. The van der Waals surface area contributed by atoms with Crippen molar-refractivity contribution in [1.29, 1.82) is 0 Å². The number of piperazine rings is 1. The van der Waals surface area contributed by atoms with Crippen molar-refractivity contribution in [3.63, 3.8) is 0 Å². The first kappa shape index (κ1) is 21.0. The zero-order valence-corrected chi connectivity index (χ0v) is 17.4. The third kappa shape index (κ3) is 5.63. The lowest BCUT2D eigenvalue weighted by Gasteiger charge is -2.36. The molecule has 8 nitrogen and oxygen atoms in total. The number of amides is 1. The highest BCUT2D eigenvalue weighted by Crippen LogP contribution is 2.18. The summed E-state index contributed by atoms with van der Waals surface area (Å²) in [6.07, 6.45) is 0.926. The van der Waals surface area contributed by atoms with E-state index in [0.717, 1.165) is 11.1 Å². The predicted molar refractivity (Wildman–Crippen MR) is 107 cm³/mol. The van der Waals surface area contributed by atoms with E-state index in [4.69, 9.17) is 9.26 Å². The fraction of sp³-hybridized carbons (Fsp3) is 0.524. The van der Waals surface area contributed by atoms with Gasteiger partial charge in [-0.05, 0) is 32.8 Å². The molecule has 1 amide bonds. The second-order valence-corrected chi connectivity index (χ2v) is 8.17. The van der Waals surface area contributed by atoms with Crippen molar-refractivity contribution in [3.05, 3.63) is 35.7 Å². The normalized spacial score (nSPS) is 17.2. The summed E-state index contributed by atoms with van der Waals surface area (Å²) < 4.78 is 10.5. The maximum absolute atomic E-state index is 12.8. The predicted octanol–water partition coefficient (Wildman–Crippen LogP) is 2.12. The van der Waals surface area contributed by atoms with Crippen molar-refractivity contribution in [1.82, 2.24) is 20.4 Å². The van der Waals surface area contributed by atoms with Gasteiger partial charge in [0.15, 0.2) is 0 Å². The van der Waals surface area contributed by atoms with Crippen LogP contribution in [-0.4, -0.2) is 58.2 Å². The molecule has 1 aliphatic heterocycles. The summed E-state index contributed by atoms with van der Waals surface area (Å²) in [7, 11) is 0. The number of aryl methyl sites for hydroxylation is 2. The van der Waals surface area contributed by atoms with Gasteiger partial charge in [-0.3, -0.25) is 4.79 Å². The Labute approximate surface area is 170 Å². The molecule has 1 N–H and O–H groups in total. The molecule has 1 fully saturated rings. The van der Waals surface area contributed by atoms with E-state index in [0.29, 0.717) is 44.2 Å². The van der Waals surface area contributed by atoms with Gasteiger partial charge in [0.2, 0.25) is 17.6 Å². The van der Waals surface area contributed by atoms with Crippen molar-refractivity contribution >= 4 is 11.9 Å². The van der Waals surface area contributed by atoms with E-state index < -0.39 is 11.6 Å². The number of esters is 1. The highest BCUT2D eigenvalue weighted by molar-refractivity contribution is 5.85. The van der Waals surface area contributed by atoms with E-state index in [1.54, 1.807) is 11.8 Å². The molecule has 1 unspecified atom stereocenters. The SMILES string of the molecule is Cc1nc(-c2ccc(CCC(=O)N3CCNCC3C(=O)OC(C)(C)C)cc2)no1. The molecular weight excluding hydrogens is 372 g/mol. The summed E-state index contributed by atoms with van der Waals surface area (Å²) in [6, 6.07) is 7.16. The zero-order valence-electron chi connectivity index (χ0n) is 17.4. The van der Waals surface area contributed by atoms with Gasteiger partial charge in [-0.1, -0.05) is 29.4 Å². The maximum Gasteiger partial charge on any atom is 0.330 e. The standard InChI is InChI=1S/C21H28N4O4/c1-14-23-19(24-29-14)16-8-5-15(6-9-16)7-10-18(26)25-12-11-22-13-17(25)20(27)28-21(2,3)4/h5-6,8-9,17,22H,7,10-13H2,1-4H3. The van der Waals surface area contributed by atoms with Gasteiger partial charge in [-0.25, -0.2) is 4.79 Å². The number of carbonyl (C=O) groups is 2. The summed E-state index contributed by atoms with van der Waals surface area (Å²) in [4.78, 5) is 31.1. The number of aromatic nitrogens is 2. The minimum atomic E-state index is -0.584. The van der Waals surface area contributed by atoms with Gasteiger partial charge >= 0.3 is 5.97 Å².